The summed E-state index contributed by atoms with van der Waals surface area (Å²) in [5, 5.41) is 1.85. The van der Waals surface area contributed by atoms with E-state index < -0.39 is 0 Å². The Balaban J connectivity index is 2.29. The van der Waals surface area contributed by atoms with Crippen LogP contribution in [0.15, 0.2) is 12.2 Å². The van der Waals surface area contributed by atoms with Crippen LogP contribution < -0.4 is 5.43 Å². The first-order valence-corrected chi connectivity index (χ1v) is 3.99. The first-order valence-electron chi connectivity index (χ1n) is 3.99. The molecular weight excluding hydrogens is 156 g/mol. The van der Waals surface area contributed by atoms with Crippen LogP contribution in [0.25, 0.3) is 0 Å². The average Bonchev–Trinajstić information content (AvgIpc) is 2.06. The van der Waals surface area contributed by atoms with Gasteiger partial charge in [-0.3, -0.25) is 10.2 Å². The van der Waals surface area contributed by atoms with Crippen LogP contribution in [-0.2, 0) is 9.53 Å². The maximum absolute atomic E-state index is 11.1. The minimum atomic E-state index is -0.114. The molecule has 1 saturated heterocycles. The summed E-state index contributed by atoms with van der Waals surface area (Å²) in [4.78, 5) is 11.1. The summed E-state index contributed by atoms with van der Waals surface area (Å²) in [7, 11) is 0. The van der Waals surface area contributed by atoms with E-state index >= 15 is 0 Å². The van der Waals surface area contributed by atoms with Gasteiger partial charge < -0.3 is 4.74 Å². The third-order valence-electron chi connectivity index (χ3n) is 1.66. The number of ether oxygens (including phenoxy) is 1. The molecule has 68 valence electrons. The Kier molecular flexibility index (Phi) is 3.25. The summed E-state index contributed by atoms with van der Waals surface area (Å²) in [6, 6.07) is 0. The number of hydrogen-bond donors (Lipinski definition) is 1. The highest BCUT2D eigenvalue weighted by Crippen LogP contribution is 1.94. The van der Waals surface area contributed by atoms with Gasteiger partial charge in [-0.1, -0.05) is 6.58 Å². The summed E-state index contributed by atoms with van der Waals surface area (Å²) >= 11 is 0. The standard InChI is InChI=1S/C8H14N2O2/c1-7(2)8(11)9-10-3-5-12-6-4-10/h1,3-6H2,2H3,(H,9,11). The maximum atomic E-state index is 11.1. The summed E-state index contributed by atoms with van der Waals surface area (Å²) in [6.45, 7) is 8.09. The summed E-state index contributed by atoms with van der Waals surface area (Å²) in [5.74, 6) is -0.114. The quantitative estimate of drug-likeness (QED) is 0.590. The number of rotatable bonds is 2. The smallest absolute Gasteiger partial charge is 0.260 e. The molecule has 0 aromatic heterocycles. The van der Waals surface area contributed by atoms with Gasteiger partial charge >= 0.3 is 0 Å². The second-order valence-electron chi connectivity index (χ2n) is 2.82. The second kappa shape index (κ2) is 4.23. The van der Waals surface area contributed by atoms with Crippen molar-refractivity contribution >= 4 is 5.91 Å². The summed E-state index contributed by atoms with van der Waals surface area (Å²) in [5.41, 5.74) is 3.26. The molecule has 1 fully saturated rings. The third kappa shape index (κ3) is 2.64. The van der Waals surface area contributed by atoms with E-state index in [1.54, 1.807) is 6.92 Å². The van der Waals surface area contributed by atoms with Crippen molar-refractivity contribution in [2.75, 3.05) is 26.3 Å². The predicted octanol–water partition coefficient (Wildman–Crippen LogP) is -0.0741. The molecular formula is C8H14N2O2. The number of nitrogens with zero attached hydrogens (tertiary/aromatic N) is 1. The second-order valence-corrected chi connectivity index (χ2v) is 2.82. The van der Waals surface area contributed by atoms with Crippen molar-refractivity contribution in [2.45, 2.75) is 6.92 Å². The lowest BCUT2D eigenvalue weighted by Gasteiger charge is -2.26. The molecule has 4 heteroatoms. The fourth-order valence-electron chi connectivity index (χ4n) is 0.914. The summed E-state index contributed by atoms with van der Waals surface area (Å²) < 4.78 is 5.13. The van der Waals surface area contributed by atoms with Gasteiger partial charge in [0.25, 0.3) is 5.91 Å². The third-order valence-corrected chi connectivity index (χ3v) is 1.66. The molecule has 1 rings (SSSR count). The van der Waals surface area contributed by atoms with Crippen LogP contribution in [0.2, 0.25) is 0 Å². The molecule has 0 aromatic rings. The molecule has 0 saturated carbocycles. The Morgan fingerprint density at radius 1 is 1.50 bits per heavy atom. The van der Waals surface area contributed by atoms with Crippen LogP contribution >= 0.6 is 0 Å². The number of carbonyl (C=O) groups excluding carboxylic acids is 1. The lowest BCUT2D eigenvalue weighted by molar-refractivity contribution is -0.124. The molecule has 1 aliphatic heterocycles. The van der Waals surface area contributed by atoms with Crippen LogP contribution in [0.4, 0.5) is 0 Å². The van der Waals surface area contributed by atoms with E-state index in [1.807, 2.05) is 5.01 Å². The molecule has 1 heterocycles. The Morgan fingerprint density at radius 3 is 2.58 bits per heavy atom. The summed E-state index contributed by atoms with van der Waals surface area (Å²) in [6.07, 6.45) is 0. The highest BCUT2D eigenvalue weighted by Gasteiger charge is 2.12. The van der Waals surface area contributed by atoms with Crippen molar-refractivity contribution in [1.82, 2.24) is 10.4 Å². The predicted molar refractivity (Wildman–Crippen MR) is 45.3 cm³/mol. The zero-order valence-corrected chi connectivity index (χ0v) is 7.30. The van der Waals surface area contributed by atoms with Crippen LogP contribution in [0.3, 0.4) is 0 Å². The molecule has 0 spiro atoms. The van der Waals surface area contributed by atoms with E-state index in [0.717, 1.165) is 13.1 Å². The first kappa shape index (κ1) is 9.22. The van der Waals surface area contributed by atoms with Crippen LogP contribution in [-0.4, -0.2) is 37.2 Å². The number of amides is 1. The van der Waals surface area contributed by atoms with E-state index in [9.17, 15) is 4.79 Å². The van der Waals surface area contributed by atoms with Gasteiger partial charge in [0.2, 0.25) is 0 Å². The van der Waals surface area contributed by atoms with E-state index in [2.05, 4.69) is 12.0 Å². The molecule has 0 unspecified atom stereocenters. The molecule has 0 radical (unpaired) electrons. The van der Waals surface area contributed by atoms with E-state index in [1.165, 1.54) is 0 Å². The Morgan fingerprint density at radius 2 is 2.08 bits per heavy atom. The number of nitrogens with one attached hydrogen (secondary N) is 1. The Labute approximate surface area is 72.2 Å². The minimum absolute atomic E-state index is 0.114. The molecule has 1 amide bonds. The van der Waals surface area contributed by atoms with E-state index in [-0.39, 0.29) is 5.91 Å². The van der Waals surface area contributed by atoms with E-state index in [0.29, 0.717) is 18.8 Å². The molecule has 0 atom stereocenters. The van der Waals surface area contributed by atoms with Crippen LogP contribution in [0.1, 0.15) is 6.92 Å². The van der Waals surface area contributed by atoms with Crippen LogP contribution in [0, 0.1) is 0 Å². The normalized spacial score (nSPS) is 18.8. The van der Waals surface area contributed by atoms with Gasteiger partial charge in [-0.25, -0.2) is 5.01 Å². The number of morpholine rings is 1. The van der Waals surface area contributed by atoms with Gasteiger partial charge in [0, 0.05) is 18.7 Å². The molecule has 12 heavy (non-hydrogen) atoms. The average molecular weight is 170 g/mol. The van der Waals surface area contributed by atoms with Gasteiger partial charge in [-0.05, 0) is 6.92 Å². The van der Waals surface area contributed by atoms with Gasteiger partial charge in [0.15, 0.2) is 0 Å². The topological polar surface area (TPSA) is 41.6 Å². The Bertz CT molecular complexity index is 185. The van der Waals surface area contributed by atoms with Gasteiger partial charge in [0.05, 0.1) is 13.2 Å². The zero-order chi connectivity index (χ0) is 8.97. The van der Waals surface area contributed by atoms with Crippen molar-refractivity contribution in [3.8, 4) is 0 Å². The zero-order valence-electron chi connectivity index (χ0n) is 7.30. The van der Waals surface area contributed by atoms with Crippen molar-refractivity contribution in [3.05, 3.63) is 12.2 Å². The van der Waals surface area contributed by atoms with Crippen molar-refractivity contribution in [1.29, 1.82) is 0 Å². The first-order chi connectivity index (χ1) is 5.70. The fraction of sp³-hybridized carbons (Fsp3) is 0.625. The van der Waals surface area contributed by atoms with Gasteiger partial charge in [-0.2, -0.15) is 0 Å². The van der Waals surface area contributed by atoms with Crippen LogP contribution in [0.5, 0.6) is 0 Å². The number of carbonyl (C=O) groups is 1. The van der Waals surface area contributed by atoms with Crippen molar-refractivity contribution in [2.24, 2.45) is 0 Å². The molecule has 0 aliphatic carbocycles. The minimum Gasteiger partial charge on any atom is -0.379 e. The lowest BCUT2D eigenvalue weighted by Crippen LogP contribution is -2.48. The van der Waals surface area contributed by atoms with Gasteiger partial charge in [-0.15, -0.1) is 0 Å². The molecule has 1 N–H and O–H groups in total. The number of hydrazine groups is 1. The highest BCUT2D eigenvalue weighted by atomic mass is 16.5. The lowest BCUT2D eigenvalue weighted by atomic mass is 10.3. The highest BCUT2D eigenvalue weighted by molar-refractivity contribution is 5.91. The fourth-order valence-corrected chi connectivity index (χ4v) is 0.914. The molecule has 0 bridgehead atoms. The van der Waals surface area contributed by atoms with Crippen molar-refractivity contribution in [3.63, 3.8) is 0 Å². The van der Waals surface area contributed by atoms with E-state index in [4.69, 9.17) is 4.74 Å². The molecule has 1 aliphatic rings. The molecule has 0 aromatic carbocycles. The Hall–Kier alpha value is -0.870. The monoisotopic (exact) mass is 170 g/mol. The SMILES string of the molecule is C=C(C)C(=O)NN1CCOCC1. The number of hydrogen-bond acceptors (Lipinski definition) is 3. The maximum Gasteiger partial charge on any atom is 0.260 e. The largest absolute Gasteiger partial charge is 0.379 e. The molecule has 4 nitrogen and oxygen atoms in total. The van der Waals surface area contributed by atoms with Crippen molar-refractivity contribution < 1.29 is 9.53 Å². The van der Waals surface area contributed by atoms with Gasteiger partial charge in [0.1, 0.15) is 0 Å².